The van der Waals surface area contributed by atoms with Gasteiger partial charge in [-0.3, -0.25) is 0 Å². The Morgan fingerprint density at radius 1 is 1.47 bits per heavy atom. The highest BCUT2D eigenvalue weighted by Crippen LogP contribution is 2.17. The molecular formula is C12H19ClN4. The van der Waals surface area contributed by atoms with Crippen LogP contribution in [0.3, 0.4) is 0 Å². The first-order valence-corrected chi connectivity index (χ1v) is 6.55. The van der Waals surface area contributed by atoms with Crippen LogP contribution in [0.4, 0.5) is 5.82 Å². The van der Waals surface area contributed by atoms with Crippen molar-refractivity contribution in [2.24, 2.45) is 5.92 Å². The van der Waals surface area contributed by atoms with Crippen molar-refractivity contribution in [2.75, 3.05) is 31.5 Å². The molecule has 2 heterocycles. The van der Waals surface area contributed by atoms with Crippen molar-refractivity contribution < 1.29 is 0 Å². The van der Waals surface area contributed by atoms with Crippen LogP contribution in [0.15, 0.2) is 12.5 Å². The van der Waals surface area contributed by atoms with Crippen molar-refractivity contribution in [3.8, 4) is 0 Å². The van der Waals surface area contributed by atoms with E-state index in [1.807, 2.05) is 0 Å². The monoisotopic (exact) mass is 254 g/mol. The summed E-state index contributed by atoms with van der Waals surface area (Å²) in [7, 11) is 0. The van der Waals surface area contributed by atoms with E-state index < -0.39 is 0 Å². The number of rotatable bonds is 4. The van der Waals surface area contributed by atoms with E-state index in [2.05, 4.69) is 27.1 Å². The highest BCUT2D eigenvalue weighted by Gasteiger charge is 2.14. The Balaban J connectivity index is 1.71. The highest BCUT2D eigenvalue weighted by molar-refractivity contribution is 6.32. The van der Waals surface area contributed by atoms with Gasteiger partial charge in [-0.1, -0.05) is 18.5 Å². The molecule has 1 fully saturated rings. The minimum atomic E-state index is 0.583. The zero-order valence-corrected chi connectivity index (χ0v) is 11.0. The van der Waals surface area contributed by atoms with E-state index in [1.165, 1.54) is 32.3 Å². The molecule has 2 rings (SSSR count). The van der Waals surface area contributed by atoms with Gasteiger partial charge in [-0.2, -0.15) is 0 Å². The molecule has 0 spiro atoms. The van der Waals surface area contributed by atoms with Gasteiger partial charge in [-0.05, 0) is 31.8 Å². The molecule has 1 aromatic rings. The van der Waals surface area contributed by atoms with E-state index in [1.54, 1.807) is 6.20 Å². The molecule has 0 unspecified atom stereocenters. The van der Waals surface area contributed by atoms with E-state index in [0.29, 0.717) is 5.02 Å². The van der Waals surface area contributed by atoms with Crippen LogP contribution in [-0.2, 0) is 0 Å². The average molecular weight is 255 g/mol. The van der Waals surface area contributed by atoms with Crippen LogP contribution in [0.5, 0.6) is 0 Å². The highest BCUT2D eigenvalue weighted by atomic mass is 35.5. The number of aromatic nitrogens is 2. The third-order valence-electron chi connectivity index (χ3n) is 3.26. The second-order valence-electron chi connectivity index (χ2n) is 4.67. The van der Waals surface area contributed by atoms with Crippen molar-refractivity contribution in [1.82, 2.24) is 14.9 Å². The molecule has 1 aromatic heterocycles. The summed E-state index contributed by atoms with van der Waals surface area (Å²) >= 11 is 5.96. The molecule has 0 atom stereocenters. The summed E-state index contributed by atoms with van der Waals surface area (Å²) in [6.07, 6.45) is 5.75. The number of anilines is 1. The second kappa shape index (κ2) is 6.17. The van der Waals surface area contributed by atoms with Crippen LogP contribution >= 0.6 is 11.6 Å². The maximum Gasteiger partial charge on any atom is 0.148 e. The van der Waals surface area contributed by atoms with Crippen LogP contribution in [0, 0.1) is 5.92 Å². The van der Waals surface area contributed by atoms with Crippen molar-refractivity contribution >= 4 is 17.4 Å². The maximum absolute atomic E-state index is 5.96. The number of nitrogens with one attached hydrogen (secondary N) is 1. The zero-order chi connectivity index (χ0) is 12.1. The molecule has 0 amide bonds. The summed E-state index contributed by atoms with van der Waals surface area (Å²) < 4.78 is 0. The number of halogens is 1. The molecule has 4 nitrogen and oxygen atoms in total. The third kappa shape index (κ3) is 3.82. The Kier molecular flexibility index (Phi) is 4.57. The van der Waals surface area contributed by atoms with Gasteiger partial charge >= 0.3 is 0 Å². The largest absolute Gasteiger partial charge is 0.367 e. The van der Waals surface area contributed by atoms with Crippen molar-refractivity contribution in [3.63, 3.8) is 0 Å². The lowest BCUT2D eigenvalue weighted by molar-refractivity contribution is 0.199. The van der Waals surface area contributed by atoms with Crippen molar-refractivity contribution in [2.45, 2.75) is 19.8 Å². The lowest BCUT2D eigenvalue weighted by Gasteiger charge is -2.30. The topological polar surface area (TPSA) is 41.0 Å². The van der Waals surface area contributed by atoms with E-state index in [9.17, 15) is 0 Å². The summed E-state index contributed by atoms with van der Waals surface area (Å²) in [4.78, 5) is 10.4. The van der Waals surface area contributed by atoms with Crippen molar-refractivity contribution in [1.29, 1.82) is 0 Å². The Morgan fingerprint density at radius 2 is 2.24 bits per heavy atom. The van der Waals surface area contributed by atoms with Gasteiger partial charge < -0.3 is 10.2 Å². The van der Waals surface area contributed by atoms with Crippen LogP contribution in [-0.4, -0.2) is 41.0 Å². The molecule has 0 bridgehead atoms. The number of likely N-dealkylation sites (tertiary alicyclic amines) is 1. The predicted molar refractivity (Wildman–Crippen MR) is 70.4 cm³/mol. The molecule has 1 saturated heterocycles. The molecule has 94 valence electrons. The summed E-state index contributed by atoms with van der Waals surface area (Å²) in [6.45, 7) is 6.68. The Hall–Kier alpha value is -0.870. The quantitative estimate of drug-likeness (QED) is 0.895. The third-order valence-corrected chi connectivity index (χ3v) is 3.54. The molecule has 0 radical (unpaired) electrons. The Morgan fingerprint density at radius 3 is 2.94 bits per heavy atom. The molecule has 1 aliphatic rings. The van der Waals surface area contributed by atoms with Crippen LogP contribution in [0.25, 0.3) is 0 Å². The SMILES string of the molecule is CC1CCN(CCNc2ncncc2Cl)CC1. The fourth-order valence-electron chi connectivity index (χ4n) is 2.06. The fraction of sp³-hybridized carbons (Fsp3) is 0.667. The van der Waals surface area contributed by atoms with Gasteiger partial charge in [0.2, 0.25) is 0 Å². The Labute approximate surface area is 107 Å². The predicted octanol–water partition coefficient (Wildman–Crippen LogP) is 2.27. The standard InChI is InChI=1S/C12H19ClN4/c1-10-2-5-17(6-3-10)7-4-15-12-11(13)8-14-9-16-12/h8-10H,2-7H2,1H3,(H,14,15,16). The van der Waals surface area contributed by atoms with Crippen LogP contribution < -0.4 is 5.32 Å². The lowest BCUT2D eigenvalue weighted by atomic mass is 9.99. The fourth-order valence-corrected chi connectivity index (χ4v) is 2.23. The number of piperidine rings is 1. The van der Waals surface area contributed by atoms with Gasteiger partial charge in [0.1, 0.15) is 17.2 Å². The molecule has 1 N–H and O–H groups in total. The molecule has 5 heteroatoms. The minimum Gasteiger partial charge on any atom is -0.367 e. The summed E-state index contributed by atoms with van der Waals surface area (Å²) in [5, 5.41) is 3.83. The van der Waals surface area contributed by atoms with E-state index in [-0.39, 0.29) is 0 Å². The minimum absolute atomic E-state index is 0.583. The lowest BCUT2D eigenvalue weighted by Crippen LogP contribution is -2.36. The molecule has 1 aliphatic heterocycles. The van der Waals surface area contributed by atoms with E-state index in [4.69, 9.17) is 11.6 Å². The first-order valence-electron chi connectivity index (χ1n) is 6.17. The van der Waals surface area contributed by atoms with Crippen LogP contribution in [0.2, 0.25) is 5.02 Å². The number of hydrogen-bond acceptors (Lipinski definition) is 4. The first kappa shape index (κ1) is 12.6. The molecule has 0 saturated carbocycles. The molecule has 0 aromatic carbocycles. The molecule has 0 aliphatic carbocycles. The van der Waals surface area contributed by atoms with Gasteiger partial charge in [0.25, 0.3) is 0 Å². The van der Waals surface area contributed by atoms with E-state index >= 15 is 0 Å². The average Bonchev–Trinajstić information content (AvgIpc) is 2.34. The normalized spacial score (nSPS) is 18.2. The molecular weight excluding hydrogens is 236 g/mol. The van der Waals surface area contributed by atoms with Gasteiger partial charge in [0.15, 0.2) is 0 Å². The van der Waals surface area contributed by atoms with Crippen molar-refractivity contribution in [3.05, 3.63) is 17.5 Å². The summed E-state index contributed by atoms with van der Waals surface area (Å²) in [5.74, 6) is 1.61. The van der Waals surface area contributed by atoms with Gasteiger partial charge in [-0.25, -0.2) is 9.97 Å². The summed E-state index contributed by atoms with van der Waals surface area (Å²) in [6, 6.07) is 0. The van der Waals surface area contributed by atoms with E-state index in [0.717, 1.165) is 24.8 Å². The second-order valence-corrected chi connectivity index (χ2v) is 5.08. The van der Waals surface area contributed by atoms with Gasteiger partial charge in [0.05, 0.1) is 6.20 Å². The first-order chi connectivity index (χ1) is 8.25. The smallest absolute Gasteiger partial charge is 0.148 e. The number of hydrogen-bond donors (Lipinski definition) is 1. The Bertz CT molecular complexity index is 350. The van der Waals surface area contributed by atoms with Gasteiger partial charge in [0, 0.05) is 13.1 Å². The number of nitrogens with zero attached hydrogens (tertiary/aromatic N) is 3. The molecule has 17 heavy (non-hydrogen) atoms. The van der Waals surface area contributed by atoms with Crippen LogP contribution in [0.1, 0.15) is 19.8 Å². The zero-order valence-electron chi connectivity index (χ0n) is 10.2. The van der Waals surface area contributed by atoms with Gasteiger partial charge in [-0.15, -0.1) is 0 Å². The summed E-state index contributed by atoms with van der Waals surface area (Å²) in [5.41, 5.74) is 0. The maximum atomic E-state index is 5.96.